The molecule has 3 N–H and O–H groups in total. The fourth-order valence-electron chi connectivity index (χ4n) is 2.41. The molecule has 2 rings (SSSR count). The molecule has 1 aliphatic rings. The monoisotopic (exact) mass is 231 g/mol. The van der Waals surface area contributed by atoms with Crippen molar-refractivity contribution >= 4 is 11.5 Å². The highest BCUT2D eigenvalue weighted by Gasteiger charge is 2.19. The van der Waals surface area contributed by atoms with Crippen LogP contribution in [0.15, 0.2) is 18.2 Å². The average Bonchev–Trinajstić information content (AvgIpc) is 2.22. The minimum atomic E-state index is 0.140. The molecule has 1 aromatic carbocycles. The number of anilines is 1. The van der Waals surface area contributed by atoms with Crippen molar-refractivity contribution in [2.24, 2.45) is 11.7 Å². The van der Waals surface area contributed by atoms with E-state index < -0.39 is 0 Å². The first kappa shape index (κ1) is 12.0. The van der Waals surface area contributed by atoms with Crippen LogP contribution in [0, 0.1) is 18.3 Å². The van der Waals surface area contributed by atoms with E-state index in [1.807, 2.05) is 12.1 Å². The summed E-state index contributed by atoms with van der Waals surface area (Å²) in [5, 5.41) is 7.43. The fraction of sp³-hybridized carbons (Fsp3) is 0.500. The molecule has 0 atom stereocenters. The molecule has 0 bridgehead atoms. The van der Waals surface area contributed by atoms with Gasteiger partial charge in [-0.05, 0) is 49.4 Å². The summed E-state index contributed by atoms with van der Waals surface area (Å²) in [6, 6.07) is 6.00. The molecule has 0 heterocycles. The standard InChI is InChI=1S/C14H21N3/c1-10-8-12(14(15)16)6-7-13(10)17(2)9-11-4-3-5-11/h6-8,11H,3-5,9H2,1-2H3,(H3,15,16). The Balaban J connectivity index is 2.11. The summed E-state index contributed by atoms with van der Waals surface area (Å²) in [5.41, 5.74) is 8.74. The van der Waals surface area contributed by atoms with Crippen LogP contribution < -0.4 is 10.6 Å². The van der Waals surface area contributed by atoms with Gasteiger partial charge in [0.1, 0.15) is 5.84 Å². The van der Waals surface area contributed by atoms with Crippen molar-refractivity contribution in [2.45, 2.75) is 26.2 Å². The molecule has 0 unspecified atom stereocenters. The Kier molecular flexibility index (Phi) is 3.36. The number of aryl methyl sites for hydroxylation is 1. The highest BCUT2D eigenvalue weighted by atomic mass is 15.1. The molecule has 1 aliphatic carbocycles. The van der Waals surface area contributed by atoms with Gasteiger partial charge >= 0.3 is 0 Å². The van der Waals surface area contributed by atoms with Crippen LogP contribution in [0.5, 0.6) is 0 Å². The molecular weight excluding hydrogens is 210 g/mol. The van der Waals surface area contributed by atoms with Crippen molar-refractivity contribution < 1.29 is 0 Å². The first-order valence-electron chi connectivity index (χ1n) is 6.24. The summed E-state index contributed by atoms with van der Waals surface area (Å²) in [7, 11) is 2.15. The molecule has 3 heteroatoms. The summed E-state index contributed by atoms with van der Waals surface area (Å²) in [5.74, 6) is 1.01. The molecule has 17 heavy (non-hydrogen) atoms. The molecule has 0 spiro atoms. The van der Waals surface area contributed by atoms with Gasteiger partial charge in [-0.25, -0.2) is 0 Å². The Morgan fingerprint density at radius 3 is 2.65 bits per heavy atom. The molecule has 1 saturated carbocycles. The van der Waals surface area contributed by atoms with Gasteiger partial charge in [-0.1, -0.05) is 6.42 Å². The zero-order valence-corrected chi connectivity index (χ0v) is 10.7. The molecule has 1 fully saturated rings. The van der Waals surface area contributed by atoms with Gasteiger partial charge in [0.15, 0.2) is 0 Å². The topological polar surface area (TPSA) is 53.1 Å². The van der Waals surface area contributed by atoms with E-state index in [0.717, 1.165) is 18.0 Å². The highest BCUT2D eigenvalue weighted by Crippen LogP contribution is 2.29. The van der Waals surface area contributed by atoms with Gasteiger partial charge in [0, 0.05) is 24.8 Å². The van der Waals surface area contributed by atoms with Gasteiger partial charge in [-0.3, -0.25) is 5.41 Å². The van der Waals surface area contributed by atoms with Crippen LogP contribution in [0.25, 0.3) is 0 Å². The molecule has 1 aromatic rings. The van der Waals surface area contributed by atoms with Gasteiger partial charge in [0.25, 0.3) is 0 Å². The number of hydrogen-bond acceptors (Lipinski definition) is 2. The number of hydrogen-bond donors (Lipinski definition) is 2. The molecule has 0 aliphatic heterocycles. The zero-order chi connectivity index (χ0) is 12.4. The van der Waals surface area contributed by atoms with Crippen molar-refractivity contribution in [1.29, 1.82) is 5.41 Å². The molecule has 3 nitrogen and oxygen atoms in total. The average molecular weight is 231 g/mol. The van der Waals surface area contributed by atoms with E-state index in [0.29, 0.717) is 0 Å². The van der Waals surface area contributed by atoms with Crippen LogP contribution in [0.4, 0.5) is 5.69 Å². The van der Waals surface area contributed by atoms with Gasteiger partial charge in [-0.2, -0.15) is 0 Å². The van der Waals surface area contributed by atoms with Crippen LogP contribution in [0.1, 0.15) is 30.4 Å². The second kappa shape index (κ2) is 4.78. The highest BCUT2D eigenvalue weighted by molar-refractivity contribution is 5.95. The number of nitrogen functional groups attached to an aromatic ring is 1. The van der Waals surface area contributed by atoms with E-state index in [1.54, 1.807) is 0 Å². The molecule has 0 amide bonds. The minimum absolute atomic E-state index is 0.140. The largest absolute Gasteiger partial charge is 0.384 e. The molecule has 92 valence electrons. The lowest BCUT2D eigenvalue weighted by atomic mass is 9.85. The number of nitrogens with one attached hydrogen (secondary N) is 1. The predicted molar refractivity (Wildman–Crippen MR) is 72.8 cm³/mol. The van der Waals surface area contributed by atoms with Gasteiger partial charge < -0.3 is 10.6 Å². The second-order valence-corrected chi connectivity index (χ2v) is 5.09. The summed E-state index contributed by atoms with van der Waals surface area (Å²) in [6.45, 7) is 3.22. The third-order valence-corrected chi connectivity index (χ3v) is 3.68. The first-order valence-corrected chi connectivity index (χ1v) is 6.24. The maximum atomic E-state index is 7.43. The van der Waals surface area contributed by atoms with E-state index >= 15 is 0 Å². The van der Waals surface area contributed by atoms with Gasteiger partial charge in [0.05, 0.1) is 0 Å². The van der Waals surface area contributed by atoms with Crippen LogP contribution in [0.3, 0.4) is 0 Å². The maximum absolute atomic E-state index is 7.43. The molecule has 0 radical (unpaired) electrons. The van der Waals surface area contributed by atoms with Crippen molar-refractivity contribution in [3.05, 3.63) is 29.3 Å². The zero-order valence-electron chi connectivity index (χ0n) is 10.7. The van der Waals surface area contributed by atoms with E-state index in [4.69, 9.17) is 11.1 Å². The number of nitrogens with two attached hydrogens (primary N) is 1. The number of nitrogens with zero attached hydrogens (tertiary/aromatic N) is 1. The van der Waals surface area contributed by atoms with E-state index in [-0.39, 0.29) is 5.84 Å². The van der Waals surface area contributed by atoms with Crippen molar-refractivity contribution in [1.82, 2.24) is 0 Å². The smallest absolute Gasteiger partial charge is 0.122 e. The van der Waals surface area contributed by atoms with Crippen molar-refractivity contribution in [3.63, 3.8) is 0 Å². The quantitative estimate of drug-likeness (QED) is 0.618. The summed E-state index contributed by atoms with van der Waals surface area (Å²) in [6.07, 6.45) is 4.13. The van der Waals surface area contributed by atoms with Gasteiger partial charge in [0.2, 0.25) is 0 Å². The van der Waals surface area contributed by atoms with Crippen molar-refractivity contribution in [3.8, 4) is 0 Å². The Morgan fingerprint density at radius 2 is 2.18 bits per heavy atom. The Hall–Kier alpha value is -1.51. The molecular formula is C14H21N3. The van der Waals surface area contributed by atoms with E-state index in [2.05, 4.69) is 24.9 Å². The second-order valence-electron chi connectivity index (χ2n) is 5.09. The minimum Gasteiger partial charge on any atom is -0.384 e. The van der Waals surface area contributed by atoms with Crippen LogP contribution in [-0.4, -0.2) is 19.4 Å². The Bertz CT molecular complexity index is 421. The Labute approximate surface area is 103 Å². The first-order chi connectivity index (χ1) is 8.08. The number of amidine groups is 1. The third kappa shape index (κ3) is 2.60. The summed E-state index contributed by atoms with van der Waals surface area (Å²) >= 11 is 0. The van der Waals surface area contributed by atoms with Gasteiger partial charge in [-0.15, -0.1) is 0 Å². The predicted octanol–water partition coefficient (Wildman–Crippen LogP) is 2.52. The van der Waals surface area contributed by atoms with Crippen LogP contribution >= 0.6 is 0 Å². The lowest BCUT2D eigenvalue weighted by Crippen LogP contribution is -2.29. The van der Waals surface area contributed by atoms with Crippen molar-refractivity contribution in [2.75, 3.05) is 18.5 Å². The third-order valence-electron chi connectivity index (χ3n) is 3.68. The Morgan fingerprint density at radius 1 is 1.47 bits per heavy atom. The summed E-state index contributed by atoms with van der Waals surface area (Å²) < 4.78 is 0. The van der Waals surface area contributed by atoms with Crippen LogP contribution in [0.2, 0.25) is 0 Å². The number of rotatable bonds is 4. The lowest BCUT2D eigenvalue weighted by Gasteiger charge is -2.32. The molecule has 0 aromatic heterocycles. The summed E-state index contributed by atoms with van der Waals surface area (Å²) in [4.78, 5) is 2.32. The number of benzene rings is 1. The maximum Gasteiger partial charge on any atom is 0.122 e. The van der Waals surface area contributed by atoms with E-state index in [9.17, 15) is 0 Å². The fourth-order valence-corrected chi connectivity index (χ4v) is 2.41. The van der Waals surface area contributed by atoms with E-state index in [1.165, 1.54) is 30.5 Å². The SMILES string of the molecule is Cc1cc(C(=N)N)ccc1N(C)CC1CCC1. The normalized spacial score (nSPS) is 15.4. The lowest BCUT2D eigenvalue weighted by molar-refractivity contribution is 0.321. The van der Waals surface area contributed by atoms with Crippen LogP contribution in [-0.2, 0) is 0 Å². The molecule has 0 saturated heterocycles.